The van der Waals surface area contributed by atoms with Gasteiger partial charge in [0.2, 0.25) is 0 Å². The molecule has 3 aliphatic rings. The number of hydrogen-bond donors (Lipinski definition) is 4. The van der Waals surface area contributed by atoms with E-state index in [-0.39, 0.29) is 49.4 Å². The quantitative estimate of drug-likeness (QED) is 0.0924. The number of nitrogens with zero attached hydrogens (tertiary/aromatic N) is 2. The summed E-state index contributed by atoms with van der Waals surface area (Å²) in [5.74, 6) is -1.36. The summed E-state index contributed by atoms with van der Waals surface area (Å²) in [4.78, 5) is 29.6. The van der Waals surface area contributed by atoms with Crippen molar-refractivity contribution in [1.82, 2.24) is 10.2 Å². The van der Waals surface area contributed by atoms with Crippen LogP contribution in [0.3, 0.4) is 0 Å². The number of cyclic esters (lactones) is 1. The van der Waals surface area contributed by atoms with Gasteiger partial charge in [-0.25, -0.2) is 0 Å². The molecule has 0 bridgehead atoms. The molecule has 55 heavy (non-hydrogen) atoms. The highest BCUT2D eigenvalue weighted by molar-refractivity contribution is 5.70. The van der Waals surface area contributed by atoms with E-state index in [1.165, 1.54) is 12.6 Å². The number of methoxy groups -OCH3 is 1. The summed E-state index contributed by atoms with van der Waals surface area (Å²) in [5.41, 5.74) is 0.208. The van der Waals surface area contributed by atoms with E-state index in [0.717, 1.165) is 38.2 Å². The molecule has 3 aliphatic heterocycles. The third-order valence-corrected chi connectivity index (χ3v) is 11.5. The second-order valence-corrected chi connectivity index (χ2v) is 16.4. The lowest BCUT2D eigenvalue weighted by molar-refractivity contribution is -0.157. The van der Waals surface area contributed by atoms with Crippen molar-refractivity contribution in [3.05, 3.63) is 65.8 Å². The summed E-state index contributed by atoms with van der Waals surface area (Å²) in [5, 5.41) is 37.4. The molecule has 3 heterocycles. The van der Waals surface area contributed by atoms with E-state index in [2.05, 4.69) is 60.3 Å². The van der Waals surface area contributed by atoms with Crippen LogP contribution in [0.25, 0.3) is 0 Å². The van der Waals surface area contributed by atoms with Gasteiger partial charge in [-0.1, -0.05) is 57.2 Å². The van der Waals surface area contributed by atoms with Gasteiger partial charge in [-0.05, 0) is 76.4 Å². The summed E-state index contributed by atoms with van der Waals surface area (Å²) in [6, 6.07) is 8.14. The van der Waals surface area contributed by atoms with Crippen LogP contribution < -0.4 is 10.2 Å². The highest BCUT2D eigenvalue weighted by atomic mass is 16.6. The SMILES string of the molecule is CC[C@H](OC)[C@@H](C)[C@H]1O[C@@H]1C(NCc1ccc(N2CCN(C)CC2)cc1)C(C)(O)C=CC=C(C)C1OC(=O)C[C@H](O)CC[C@@](C)(O)[C@@H](OC(C)=O)C=C[C@@H]1C. The first kappa shape index (κ1) is 44.6. The Bertz CT molecular complexity index is 1480. The number of anilines is 1. The van der Waals surface area contributed by atoms with Crippen molar-refractivity contribution in [3.63, 3.8) is 0 Å². The lowest BCUT2D eigenvalue weighted by Crippen LogP contribution is -2.52. The zero-order valence-electron chi connectivity index (χ0n) is 34.4. The fourth-order valence-corrected chi connectivity index (χ4v) is 7.79. The number of esters is 2. The van der Waals surface area contributed by atoms with Gasteiger partial charge in [-0.2, -0.15) is 0 Å². The van der Waals surface area contributed by atoms with Crippen LogP contribution in [0, 0.1) is 11.8 Å². The number of hydrogen-bond acceptors (Lipinski definition) is 12. The number of aliphatic hydroxyl groups excluding tert-OH is 1. The lowest BCUT2D eigenvalue weighted by Gasteiger charge is -2.34. The zero-order chi connectivity index (χ0) is 40.5. The van der Waals surface area contributed by atoms with E-state index < -0.39 is 47.5 Å². The highest BCUT2D eigenvalue weighted by Crippen LogP contribution is 2.39. The van der Waals surface area contributed by atoms with E-state index >= 15 is 0 Å². The number of ether oxygens (including phenoxy) is 4. The molecule has 12 heteroatoms. The molecule has 4 rings (SSSR count). The third-order valence-electron chi connectivity index (χ3n) is 11.5. The van der Waals surface area contributed by atoms with Crippen LogP contribution in [0.5, 0.6) is 0 Å². The van der Waals surface area contributed by atoms with E-state index in [9.17, 15) is 24.9 Å². The fraction of sp³-hybridized carbons (Fsp3) is 0.674. The number of benzene rings is 1. The first-order valence-corrected chi connectivity index (χ1v) is 19.9. The first-order chi connectivity index (χ1) is 25.9. The molecule has 2 saturated heterocycles. The van der Waals surface area contributed by atoms with Crippen molar-refractivity contribution in [1.29, 1.82) is 0 Å². The molecule has 2 fully saturated rings. The molecule has 308 valence electrons. The van der Waals surface area contributed by atoms with Crippen LogP contribution in [0.4, 0.5) is 5.69 Å². The minimum atomic E-state index is -1.46. The number of allylic oxidation sites excluding steroid dienone is 2. The van der Waals surface area contributed by atoms with Crippen molar-refractivity contribution in [2.24, 2.45) is 11.8 Å². The van der Waals surface area contributed by atoms with Gasteiger partial charge in [0.1, 0.15) is 23.9 Å². The summed E-state index contributed by atoms with van der Waals surface area (Å²) in [7, 11) is 3.87. The molecule has 0 aliphatic carbocycles. The topological polar surface area (TPSA) is 154 Å². The minimum Gasteiger partial charge on any atom is -0.457 e. The Morgan fingerprint density at radius 1 is 1.15 bits per heavy atom. The molecule has 0 aromatic heterocycles. The molecule has 12 nitrogen and oxygen atoms in total. The number of rotatable bonds is 14. The van der Waals surface area contributed by atoms with Crippen molar-refractivity contribution < 1.29 is 43.9 Å². The van der Waals surface area contributed by atoms with Gasteiger partial charge >= 0.3 is 11.9 Å². The number of piperazine rings is 1. The summed E-state index contributed by atoms with van der Waals surface area (Å²) in [6.07, 6.45) is 6.49. The summed E-state index contributed by atoms with van der Waals surface area (Å²) >= 11 is 0. The Balaban J connectivity index is 1.54. The molecule has 1 aromatic carbocycles. The maximum atomic E-state index is 13.0. The maximum Gasteiger partial charge on any atom is 0.309 e. The first-order valence-electron chi connectivity index (χ1n) is 19.9. The minimum absolute atomic E-state index is 0.0325. The number of nitrogens with one attached hydrogen (secondary N) is 1. The Morgan fingerprint density at radius 3 is 2.44 bits per heavy atom. The fourth-order valence-electron chi connectivity index (χ4n) is 7.79. The highest BCUT2D eigenvalue weighted by Gasteiger charge is 2.54. The van der Waals surface area contributed by atoms with Gasteiger partial charge < -0.3 is 49.4 Å². The van der Waals surface area contributed by atoms with Gasteiger partial charge in [-0.3, -0.25) is 9.59 Å². The van der Waals surface area contributed by atoms with E-state index in [4.69, 9.17) is 18.9 Å². The molecule has 0 radical (unpaired) electrons. The van der Waals surface area contributed by atoms with Crippen LogP contribution in [0.15, 0.2) is 60.2 Å². The predicted octanol–water partition coefficient (Wildman–Crippen LogP) is 4.31. The van der Waals surface area contributed by atoms with Crippen molar-refractivity contribution in [3.8, 4) is 0 Å². The maximum absolute atomic E-state index is 13.0. The second-order valence-electron chi connectivity index (χ2n) is 16.4. The van der Waals surface area contributed by atoms with Crippen LogP contribution in [-0.4, -0.2) is 126 Å². The van der Waals surface area contributed by atoms with E-state index in [0.29, 0.717) is 12.1 Å². The van der Waals surface area contributed by atoms with Gasteiger partial charge in [-0.15, -0.1) is 0 Å². The third kappa shape index (κ3) is 12.7. The molecule has 3 unspecified atom stereocenters. The van der Waals surface area contributed by atoms with Gasteiger partial charge in [0.25, 0.3) is 0 Å². The van der Waals surface area contributed by atoms with Crippen molar-refractivity contribution >= 4 is 17.6 Å². The van der Waals surface area contributed by atoms with Crippen molar-refractivity contribution in [2.75, 3.05) is 45.2 Å². The monoisotopic (exact) mass is 769 g/mol. The Kier molecular flexibility index (Phi) is 16.1. The van der Waals surface area contributed by atoms with Crippen LogP contribution in [-0.2, 0) is 35.1 Å². The molecule has 1 aromatic rings. The molecular weight excluding hydrogens is 702 g/mol. The molecule has 0 amide bonds. The molecule has 4 N–H and O–H groups in total. The summed E-state index contributed by atoms with van der Waals surface area (Å²) < 4.78 is 23.4. The number of epoxide rings is 1. The Hall–Kier alpha value is -3.10. The van der Waals surface area contributed by atoms with Crippen LogP contribution in [0.2, 0.25) is 0 Å². The number of aliphatic hydroxyl groups is 3. The largest absolute Gasteiger partial charge is 0.457 e. The molecular formula is C43H67N3O9. The Morgan fingerprint density at radius 2 is 1.82 bits per heavy atom. The van der Waals surface area contributed by atoms with Crippen LogP contribution in [0.1, 0.15) is 79.7 Å². The van der Waals surface area contributed by atoms with Gasteiger partial charge in [0.05, 0.1) is 36.4 Å². The van der Waals surface area contributed by atoms with E-state index in [1.54, 1.807) is 51.3 Å². The second kappa shape index (κ2) is 19.9. The average Bonchev–Trinajstić information content (AvgIpc) is 3.92. The zero-order valence-corrected chi connectivity index (χ0v) is 34.4. The average molecular weight is 770 g/mol. The van der Waals surface area contributed by atoms with Crippen molar-refractivity contribution in [2.45, 2.75) is 135 Å². The molecule has 0 saturated carbocycles. The summed E-state index contributed by atoms with van der Waals surface area (Å²) in [6.45, 7) is 17.1. The Labute approximate surface area is 328 Å². The molecule has 11 atom stereocenters. The smallest absolute Gasteiger partial charge is 0.309 e. The standard InChI is InChI=1S/C43H67N3O9/c1-10-35(52-9)30(4)39-40(55-39)41(44-27-32-14-16-33(17-15-32)46-24-22-45(8)23-25-46)43(7,51)20-11-12-28(2)38-29(3)13-18-36(53-31(5)47)42(6,50)21-19-34(48)26-37(49)54-38/h11-18,20,29-30,34-36,38-41,44,48,50-51H,10,19,21-27H2,1-9H3/t29-,30+,34+,35-,36-,38?,39+,40-,41?,42+,43?/m0/s1. The number of carbonyl (C=O) groups is 2. The van der Waals surface area contributed by atoms with E-state index in [1.807, 2.05) is 13.8 Å². The predicted molar refractivity (Wildman–Crippen MR) is 213 cm³/mol. The van der Waals surface area contributed by atoms with Gasteiger partial charge in [0.15, 0.2) is 0 Å². The number of likely N-dealkylation sites (N-methyl/N-ethyl adjacent to an activating group) is 1. The normalized spacial score (nSPS) is 31.5. The van der Waals surface area contributed by atoms with Crippen LogP contribution >= 0.6 is 0 Å². The van der Waals surface area contributed by atoms with Gasteiger partial charge in [0, 0.05) is 64.3 Å². The lowest BCUT2D eigenvalue weighted by atomic mass is 9.87. The molecule has 0 spiro atoms. The number of carbonyl (C=O) groups excluding carboxylic acids is 2.